The number of benzene rings is 1. The van der Waals surface area contributed by atoms with Crippen LogP contribution in [0.5, 0.6) is 5.75 Å². The predicted octanol–water partition coefficient (Wildman–Crippen LogP) is 5.07. The Hall–Kier alpha value is -1.88. The largest absolute Gasteiger partial charge is 0.486 e. The Morgan fingerprint density at radius 2 is 2.00 bits per heavy atom. The number of hydrogen-bond acceptors (Lipinski definition) is 4. The molecule has 2 heterocycles. The van der Waals surface area contributed by atoms with E-state index in [-0.39, 0.29) is 11.3 Å². The Labute approximate surface area is 165 Å². The summed E-state index contributed by atoms with van der Waals surface area (Å²) in [5.41, 5.74) is 1.38. The number of rotatable bonds is 4. The van der Waals surface area contributed by atoms with Crippen LogP contribution in [0.15, 0.2) is 30.3 Å². The van der Waals surface area contributed by atoms with Gasteiger partial charge in [-0.2, -0.15) is 0 Å². The third-order valence-electron chi connectivity index (χ3n) is 5.82. The van der Waals surface area contributed by atoms with E-state index in [4.69, 9.17) is 4.74 Å². The molecule has 1 saturated heterocycles. The van der Waals surface area contributed by atoms with Crippen molar-refractivity contribution in [2.24, 2.45) is 10.8 Å². The summed E-state index contributed by atoms with van der Waals surface area (Å²) < 4.78 is 5.80. The molecule has 2 unspecified atom stereocenters. The summed E-state index contributed by atoms with van der Waals surface area (Å²) in [6.07, 6.45) is 3.41. The molecule has 0 radical (unpaired) electrons. The summed E-state index contributed by atoms with van der Waals surface area (Å²) in [6.45, 7) is 10.2. The number of aryl methyl sites for hydroxylation is 1. The van der Waals surface area contributed by atoms with Gasteiger partial charge in [-0.3, -0.25) is 4.79 Å². The van der Waals surface area contributed by atoms with Crippen molar-refractivity contribution in [1.29, 1.82) is 0 Å². The highest BCUT2D eigenvalue weighted by atomic mass is 32.1. The molecule has 1 aromatic carbocycles. The van der Waals surface area contributed by atoms with Crippen molar-refractivity contribution < 1.29 is 9.53 Å². The van der Waals surface area contributed by atoms with E-state index in [0.717, 1.165) is 40.7 Å². The molecule has 1 amide bonds. The Morgan fingerprint density at radius 1 is 1.26 bits per heavy atom. The number of fused-ring (bicyclic) bond motifs is 2. The molecule has 4 nitrogen and oxygen atoms in total. The highest BCUT2D eigenvalue weighted by molar-refractivity contribution is 7.13. The summed E-state index contributed by atoms with van der Waals surface area (Å²) in [5.74, 6) is 0.976. The molecule has 0 spiro atoms. The minimum atomic E-state index is 0.155. The number of thiazole rings is 1. The molecule has 5 heteroatoms. The monoisotopic (exact) mass is 384 g/mol. The van der Waals surface area contributed by atoms with E-state index in [1.807, 2.05) is 37.3 Å². The molecule has 2 aromatic rings. The van der Waals surface area contributed by atoms with Gasteiger partial charge in [-0.25, -0.2) is 4.98 Å². The standard InChI is InChI=1S/C22H28N2O2S/c1-15-19(27-18(23-15)12-26-17-8-6-5-7-9-17)20(25)24-14-22(4)11-16(24)10-21(2,3)13-22/h5-9,16H,10-14H2,1-4H3. The van der Waals surface area contributed by atoms with E-state index in [0.29, 0.717) is 18.1 Å². The lowest BCUT2D eigenvalue weighted by Crippen LogP contribution is -2.37. The summed E-state index contributed by atoms with van der Waals surface area (Å²) in [5, 5.41) is 0.855. The van der Waals surface area contributed by atoms with Crippen molar-refractivity contribution in [1.82, 2.24) is 9.88 Å². The molecule has 1 saturated carbocycles. The van der Waals surface area contributed by atoms with Gasteiger partial charge in [0.1, 0.15) is 22.2 Å². The topological polar surface area (TPSA) is 42.4 Å². The molecule has 27 heavy (non-hydrogen) atoms. The first-order valence-electron chi connectivity index (χ1n) is 9.70. The van der Waals surface area contributed by atoms with Crippen LogP contribution >= 0.6 is 11.3 Å². The number of carbonyl (C=O) groups is 1. The third-order valence-corrected chi connectivity index (χ3v) is 6.94. The predicted molar refractivity (Wildman–Crippen MR) is 108 cm³/mol. The van der Waals surface area contributed by atoms with Gasteiger partial charge in [0, 0.05) is 12.6 Å². The first-order valence-corrected chi connectivity index (χ1v) is 10.5. The molecule has 2 atom stereocenters. The zero-order valence-corrected chi connectivity index (χ0v) is 17.4. The molecule has 144 valence electrons. The van der Waals surface area contributed by atoms with Crippen LogP contribution in [0.4, 0.5) is 0 Å². The molecule has 2 bridgehead atoms. The van der Waals surface area contributed by atoms with Crippen LogP contribution in [0.2, 0.25) is 0 Å². The molecule has 1 aliphatic heterocycles. The van der Waals surface area contributed by atoms with Gasteiger partial charge in [-0.05, 0) is 49.1 Å². The number of nitrogens with zero attached hydrogens (tertiary/aromatic N) is 2. The second kappa shape index (κ2) is 6.62. The van der Waals surface area contributed by atoms with Gasteiger partial charge in [-0.15, -0.1) is 11.3 Å². The number of ether oxygens (including phenoxy) is 1. The maximum absolute atomic E-state index is 13.3. The van der Waals surface area contributed by atoms with Gasteiger partial charge >= 0.3 is 0 Å². The van der Waals surface area contributed by atoms with E-state index in [1.54, 1.807) is 0 Å². The number of hydrogen-bond donors (Lipinski definition) is 0. The highest BCUT2D eigenvalue weighted by Crippen LogP contribution is 2.52. The normalized spacial score (nSPS) is 26.2. The van der Waals surface area contributed by atoms with Crippen LogP contribution in [-0.4, -0.2) is 28.4 Å². The zero-order chi connectivity index (χ0) is 19.2. The third kappa shape index (κ3) is 3.75. The van der Waals surface area contributed by atoms with Gasteiger partial charge in [-0.1, -0.05) is 39.0 Å². The SMILES string of the molecule is Cc1nc(COc2ccccc2)sc1C(=O)N1CC2(C)CC1CC(C)(C)C2. The van der Waals surface area contributed by atoms with Crippen molar-refractivity contribution in [3.63, 3.8) is 0 Å². The smallest absolute Gasteiger partial charge is 0.266 e. The second-order valence-electron chi connectivity index (χ2n) is 9.27. The molecule has 2 fully saturated rings. The molecular formula is C22H28N2O2S. The fourth-order valence-electron chi connectivity index (χ4n) is 5.20. The van der Waals surface area contributed by atoms with Crippen LogP contribution in [0.25, 0.3) is 0 Å². The summed E-state index contributed by atoms with van der Waals surface area (Å²) in [4.78, 5) is 20.8. The zero-order valence-electron chi connectivity index (χ0n) is 16.6. The van der Waals surface area contributed by atoms with E-state index in [2.05, 4.69) is 30.7 Å². The van der Waals surface area contributed by atoms with Gasteiger partial charge < -0.3 is 9.64 Å². The lowest BCUT2D eigenvalue weighted by atomic mass is 9.65. The fraction of sp³-hybridized carbons (Fsp3) is 0.545. The maximum atomic E-state index is 13.3. The molecule has 2 aliphatic rings. The van der Waals surface area contributed by atoms with E-state index >= 15 is 0 Å². The second-order valence-corrected chi connectivity index (χ2v) is 10.4. The lowest BCUT2D eigenvalue weighted by Gasteiger charge is -2.39. The highest BCUT2D eigenvalue weighted by Gasteiger charge is 2.51. The van der Waals surface area contributed by atoms with Gasteiger partial charge in [0.05, 0.1) is 5.69 Å². The molecule has 0 N–H and O–H groups in total. The first kappa shape index (κ1) is 18.5. The van der Waals surface area contributed by atoms with Gasteiger partial charge in [0.25, 0.3) is 5.91 Å². The first-order chi connectivity index (χ1) is 12.7. The van der Waals surface area contributed by atoms with Crippen LogP contribution in [-0.2, 0) is 6.61 Å². The molecule has 1 aromatic heterocycles. The van der Waals surface area contributed by atoms with Crippen molar-refractivity contribution in [2.45, 2.75) is 59.6 Å². The van der Waals surface area contributed by atoms with Crippen molar-refractivity contribution in [2.75, 3.05) is 6.54 Å². The van der Waals surface area contributed by atoms with Gasteiger partial charge in [0.2, 0.25) is 0 Å². The average Bonchev–Trinajstić information content (AvgIpc) is 3.09. The van der Waals surface area contributed by atoms with Crippen molar-refractivity contribution >= 4 is 17.2 Å². The molecule has 1 aliphatic carbocycles. The number of para-hydroxylation sites is 1. The van der Waals surface area contributed by atoms with Crippen molar-refractivity contribution in [3.05, 3.63) is 45.9 Å². The maximum Gasteiger partial charge on any atom is 0.266 e. The number of amides is 1. The Bertz CT molecular complexity index is 845. The average molecular weight is 385 g/mol. The summed E-state index contributed by atoms with van der Waals surface area (Å²) in [6, 6.07) is 10.1. The van der Waals surface area contributed by atoms with Crippen LogP contribution in [0.3, 0.4) is 0 Å². The molecule has 4 rings (SSSR count). The van der Waals surface area contributed by atoms with E-state index in [9.17, 15) is 4.79 Å². The minimum Gasteiger partial charge on any atom is -0.486 e. The Balaban J connectivity index is 1.49. The Morgan fingerprint density at radius 3 is 2.74 bits per heavy atom. The minimum absolute atomic E-state index is 0.155. The number of likely N-dealkylation sites (tertiary alicyclic amines) is 1. The molecular weight excluding hydrogens is 356 g/mol. The summed E-state index contributed by atoms with van der Waals surface area (Å²) >= 11 is 1.48. The quantitative estimate of drug-likeness (QED) is 0.739. The van der Waals surface area contributed by atoms with Crippen LogP contribution in [0, 0.1) is 17.8 Å². The van der Waals surface area contributed by atoms with Crippen LogP contribution in [0.1, 0.15) is 60.4 Å². The fourth-order valence-corrected chi connectivity index (χ4v) is 6.14. The van der Waals surface area contributed by atoms with Crippen LogP contribution < -0.4 is 4.74 Å². The Kier molecular flexibility index (Phi) is 4.53. The van der Waals surface area contributed by atoms with Crippen molar-refractivity contribution in [3.8, 4) is 5.75 Å². The number of carbonyl (C=O) groups excluding carboxylic acids is 1. The van der Waals surface area contributed by atoms with Gasteiger partial charge in [0.15, 0.2) is 0 Å². The van der Waals surface area contributed by atoms with E-state index in [1.165, 1.54) is 17.8 Å². The summed E-state index contributed by atoms with van der Waals surface area (Å²) in [7, 11) is 0. The lowest BCUT2D eigenvalue weighted by molar-refractivity contribution is 0.0712. The number of aromatic nitrogens is 1. The van der Waals surface area contributed by atoms with E-state index < -0.39 is 0 Å².